The zero-order chi connectivity index (χ0) is 19.6. The normalized spacial score (nSPS) is 11.6. The highest BCUT2D eigenvalue weighted by atomic mass is 19.1. The van der Waals surface area contributed by atoms with Crippen molar-refractivity contribution in [2.24, 2.45) is 0 Å². The van der Waals surface area contributed by atoms with Crippen molar-refractivity contribution in [3.05, 3.63) is 52.3 Å². The van der Waals surface area contributed by atoms with Gasteiger partial charge in [-0.1, -0.05) is 25.9 Å². The quantitative estimate of drug-likeness (QED) is 0.622. The highest BCUT2D eigenvalue weighted by Gasteiger charge is 2.21. The number of carbonyl (C=O) groups excluding carboxylic acids is 1. The molecule has 142 valence electrons. The van der Waals surface area contributed by atoms with Gasteiger partial charge in [-0.25, -0.2) is 9.18 Å². The standard InChI is InChI=1S/C17H17FN4O5/c1-17(2,3)15-19-12(27-21-15)9-25-13(23)8-22-16(24)26-14(20-22)10-4-6-11(18)7-5-10/h4-7H,8-9H2,1-3H3. The Bertz CT molecular complexity index is 997. The topological polar surface area (TPSA) is 113 Å². The van der Waals surface area contributed by atoms with E-state index in [2.05, 4.69) is 15.2 Å². The third-order valence-corrected chi connectivity index (χ3v) is 3.47. The molecule has 1 aromatic carbocycles. The minimum Gasteiger partial charge on any atom is -0.454 e. The van der Waals surface area contributed by atoms with E-state index in [-0.39, 0.29) is 23.8 Å². The highest BCUT2D eigenvalue weighted by Crippen LogP contribution is 2.18. The van der Waals surface area contributed by atoms with Gasteiger partial charge in [0.25, 0.3) is 5.89 Å². The van der Waals surface area contributed by atoms with Crippen LogP contribution in [0.25, 0.3) is 11.5 Å². The van der Waals surface area contributed by atoms with E-state index in [4.69, 9.17) is 13.7 Å². The van der Waals surface area contributed by atoms with Gasteiger partial charge in [-0.3, -0.25) is 4.79 Å². The lowest BCUT2D eigenvalue weighted by Gasteiger charge is -2.10. The summed E-state index contributed by atoms with van der Waals surface area (Å²) in [5.41, 5.74) is 0.109. The number of carbonyl (C=O) groups is 1. The molecule has 27 heavy (non-hydrogen) atoms. The van der Waals surface area contributed by atoms with Gasteiger partial charge in [-0.2, -0.15) is 9.67 Å². The molecular formula is C17H17FN4O5. The average molecular weight is 376 g/mol. The van der Waals surface area contributed by atoms with Gasteiger partial charge < -0.3 is 13.7 Å². The summed E-state index contributed by atoms with van der Waals surface area (Å²) in [7, 11) is 0. The van der Waals surface area contributed by atoms with Crippen molar-refractivity contribution in [1.29, 1.82) is 0 Å². The Hall–Kier alpha value is -3.30. The summed E-state index contributed by atoms with van der Waals surface area (Å²) in [4.78, 5) is 27.9. The molecule has 0 unspecified atom stereocenters. The summed E-state index contributed by atoms with van der Waals surface area (Å²) >= 11 is 0. The molecule has 0 amide bonds. The molecule has 2 aromatic heterocycles. The Balaban J connectivity index is 1.62. The van der Waals surface area contributed by atoms with Crippen LogP contribution in [0.15, 0.2) is 38.0 Å². The SMILES string of the molecule is CC(C)(C)c1noc(COC(=O)Cn2nc(-c3ccc(F)cc3)oc2=O)n1. The fourth-order valence-electron chi connectivity index (χ4n) is 2.04. The fourth-order valence-corrected chi connectivity index (χ4v) is 2.04. The predicted octanol–water partition coefficient (Wildman–Crippen LogP) is 2.07. The molecule has 3 aromatic rings. The van der Waals surface area contributed by atoms with Crippen molar-refractivity contribution in [2.75, 3.05) is 0 Å². The van der Waals surface area contributed by atoms with E-state index in [0.717, 1.165) is 4.68 Å². The van der Waals surface area contributed by atoms with Crippen LogP contribution in [0, 0.1) is 5.82 Å². The Morgan fingerprint density at radius 2 is 1.96 bits per heavy atom. The summed E-state index contributed by atoms with van der Waals surface area (Å²) < 4.78 is 28.8. The van der Waals surface area contributed by atoms with Crippen molar-refractivity contribution in [2.45, 2.75) is 39.3 Å². The van der Waals surface area contributed by atoms with Crippen LogP contribution in [0.3, 0.4) is 0 Å². The Morgan fingerprint density at radius 1 is 1.26 bits per heavy atom. The minimum absolute atomic E-state index is 0.0282. The zero-order valence-corrected chi connectivity index (χ0v) is 14.9. The van der Waals surface area contributed by atoms with Crippen LogP contribution in [-0.2, 0) is 28.1 Å². The van der Waals surface area contributed by atoms with Crippen LogP contribution in [0.2, 0.25) is 0 Å². The number of aromatic nitrogens is 4. The number of hydrogen-bond donors (Lipinski definition) is 0. The molecule has 0 atom stereocenters. The average Bonchev–Trinajstić information content (AvgIpc) is 3.21. The minimum atomic E-state index is -0.834. The van der Waals surface area contributed by atoms with E-state index in [1.54, 1.807) is 0 Å². The molecular weight excluding hydrogens is 359 g/mol. The number of hydrogen-bond acceptors (Lipinski definition) is 8. The van der Waals surface area contributed by atoms with Gasteiger partial charge in [0.15, 0.2) is 12.4 Å². The van der Waals surface area contributed by atoms with E-state index in [9.17, 15) is 14.0 Å². The number of rotatable bonds is 5. The largest absolute Gasteiger partial charge is 0.454 e. The molecule has 0 saturated heterocycles. The lowest BCUT2D eigenvalue weighted by atomic mass is 9.96. The van der Waals surface area contributed by atoms with Gasteiger partial charge in [0.1, 0.15) is 12.4 Å². The van der Waals surface area contributed by atoms with Crippen molar-refractivity contribution < 1.29 is 22.9 Å². The molecule has 0 fully saturated rings. The summed E-state index contributed by atoms with van der Waals surface area (Å²) in [6.45, 7) is 5.08. The molecule has 2 heterocycles. The first-order chi connectivity index (χ1) is 12.7. The molecule has 10 heteroatoms. The first-order valence-electron chi connectivity index (χ1n) is 8.05. The first-order valence-corrected chi connectivity index (χ1v) is 8.05. The zero-order valence-electron chi connectivity index (χ0n) is 14.9. The number of ether oxygens (including phenoxy) is 1. The Morgan fingerprint density at radius 3 is 2.59 bits per heavy atom. The van der Waals surface area contributed by atoms with Gasteiger partial charge in [0.2, 0.25) is 5.89 Å². The maximum Gasteiger partial charge on any atom is 0.437 e. The number of halogens is 1. The predicted molar refractivity (Wildman–Crippen MR) is 89.0 cm³/mol. The Kier molecular flexibility index (Phi) is 4.89. The van der Waals surface area contributed by atoms with Crippen LogP contribution in [0.4, 0.5) is 4.39 Å². The molecule has 0 saturated carbocycles. The molecule has 0 radical (unpaired) electrons. The van der Waals surface area contributed by atoms with E-state index >= 15 is 0 Å². The molecule has 3 rings (SSSR count). The molecule has 0 aliphatic carbocycles. The second-order valence-corrected chi connectivity index (χ2v) is 6.76. The maximum atomic E-state index is 13.0. The highest BCUT2D eigenvalue weighted by molar-refractivity contribution is 5.69. The van der Waals surface area contributed by atoms with Crippen molar-refractivity contribution >= 4 is 5.97 Å². The van der Waals surface area contributed by atoms with Gasteiger partial charge in [-0.05, 0) is 24.3 Å². The number of benzene rings is 1. The number of nitrogens with zero attached hydrogens (tertiary/aromatic N) is 4. The molecule has 9 nitrogen and oxygen atoms in total. The maximum absolute atomic E-state index is 13.0. The van der Waals surface area contributed by atoms with Crippen LogP contribution in [-0.4, -0.2) is 25.9 Å². The molecule has 0 N–H and O–H groups in total. The second kappa shape index (κ2) is 7.14. The first kappa shape index (κ1) is 18.5. The van der Waals surface area contributed by atoms with Crippen LogP contribution < -0.4 is 5.76 Å². The molecule has 0 aliphatic heterocycles. The third kappa shape index (κ3) is 4.46. The van der Waals surface area contributed by atoms with Crippen molar-refractivity contribution in [1.82, 2.24) is 19.9 Å². The monoisotopic (exact) mass is 376 g/mol. The van der Waals surface area contributed by atoms with Crippen molar-refractivity contribution in [3.8, 4) is 11.5 Å². The van der Waals surface area contributed by atoms with E-state index < -0.39 is 24.1 Å². The van der Waals surface area contributed by atoms with Crippen LogP contribution in [0.1, 0.15) is 32.5 Å². The van der Waals surface area contributed by atoms with Crippen LogP contribution >= 0.6 is 0 Å². The van der Waals surface area contributed by atoms with Crippen LogP contribution in [0.5, 0.6) is 0 Å². The summed E-state index contributed by atoms with van der Waals surface area (Å²) in [5, 5.41) is 7.72. The second-order valence-electron chi connectivity index (χ2n) is 6.76. The lowest BCUT2D eigenvalue weighted by molar-refractivity contribution is -0.146. The molecule has 0 bridgehead atoms. The van der Waals surface area contributed by atoms with Crippen molar-refractivity contribution in [3.63, 3.8) is 0 Å². The number of esters is 1. The van der Waals surface area contributed by atoms with E-state index in [0.29, 0.717) is 11.4 Å². The van der Waals surface area contributed by atoms with Gasteiger partial charge >= 0.3 is 11.7 Å². The lowest BCUT2D eigenvalue weighted by Crippen LogP contribution is -2.23. The molecule has 0 aliphatic rings. The fraction of sp³-hybridized carbons (Fsp3) is 0.353. The third-order valence-electron chi connectivity index (χ3n) is 3.47. The van der Waals surface area contributed by atoms with E-state index in [1.165, 1.54) is 24.3 Å². The van der Waals surface area contributed by atoms with Gasteiger partial charge in [0.05, 0.1) is 0 Å². The smallest absolute Gasteiger partial charge is 0.437 e. The molecule has 0 spiro atoms. The Labute approximate surface area is 152 Å². The summed E-state index contributed by atoms with van der Waals surface area (Å²) in [5.74, 6) is -1.39. The van der Waals surface area contributed by atoms with Gasteiger partial charge in [-0.15, -0.1) is 5.10 Å². The van der Waals surface area contributed by atoms with E-state index in [1.807, 2.05) is 20.8 Å². The summed E-state index contributed by atoms with van der Waals surface area (Å²) in [6.07, 6.45) is 0. The summed E-state index contributed by atoms with van der Waals surface area (Å²) in [6, 6.07) is 5.23. The van der Waals surface area contributed by atoms with Gasteiger partial charge in [0, 0.05) is 11.0 Å².